The molecule has 3 aromatic rings. The number of rotatable bonds is 9. The number of aromatic nitrogens is 1. The lowest BCUT2D eigenvalue weighted by Crippen LogP contribution is -2.33. The predicted octanol–water partition coefficient (Wildman–Crippen LogP) is 3.49. The molecule has 0 aliphatic heterocycles. The summed E-state index contributed by atoms with van der Waals surface area (Å²) >= 11 is 0. The molecule has 32 heavy (non-hydrogen) atoms. The first kappa shape index (κ1) is 22.2. The molecule has 4 rings (SSSR count). The maximum Gasteiger partial charge on any atom is 0.229 e. The van der Waals surface area contributed by atoms with Gasteiger partial charge in [-0.1, -0.05) is 18.2 Å². The molecule has 2 N–H and O–H groups in total. The van der Waals surface area contributed by atoms with E-state index in [1.807, 2.05) is 13.1 Å². The topological polar surface area (TPSA) is 72.4 Å². The molecule has 1 saturated carbocycles. The Morgan fingerprint density at radius 2 is 1.94 bits per heavy atom. The van der Waals surface area contributed by atoms with Crippen LogP contribution in [0.25, 0.3) is 11.3 Å². The fourth-order valence-electron chi connectivity index (χ4n) is 3.66. The van der Waals surface area contributed by atoms with Gasteiger partial charge in [0.1, 0.15) is 18.2 Å². The van der Waals surface area contributed by atoms with Gasteiger partial charge in [0.05, 0.1) is 16.0 Å². The molecule has 1 unspecified atom stereocenters. The van der Waals surface area contributed by atoms with Crippen LogP contribution in [0.4, 0.5) is 4.39 Å². The first-order valence-electron chi connectivity index (χ1n) is 10.5. The number of hydrogen-bond donors (Lipinski definition) is 2. The molecule has 1 amide bonds. The Hall–Kier alpha value is -2.97. The maximum absolute atomic E-state index is 14.5. The third-order valence-electron chi connectivity index (χ3n) is 5.64. The van der Waals surface area contributed by atoms with E-state index in [0.29, 0.717) is 28.4 Å². The number of ether oxygens (including phenoxy) is 1. The molecule has 6 nitrogen and oxygen atoms in total. The summed E-state index contributed by atoms with van der Waals surface area (Å²) in [5.74, 6) is 0.151. The van der Waals surface area contributed by atoms with E-state index in [1.165, 1.54) is 6.07 Å². The molecule has 1 aliphatic rings. The van der Waals surface area contributed by atoms with Gasteiger partial charge >= 0.3 is 0 Å². The molecule has 1 aromatic heterocycles. The second kappa shape index (κ2) is 9.26. The van der Waals surface area contributed by atoms with Crippen molar-refractivity contribution in [1.82, 2.24) is 14.6 Å². The zero-order valence-electron chi connectivity index (χ0n) is 18.1. The second-order valence-electron chi connectivity index (χ2n) is 7.94. The summed E-state index contributed by atoms with van der Waals surface area (Å²) in [6.45, 7) is 0.843. The molecule has 1 aliphatic carbocycles. The summed E-state index contributed by atoms with van der Waals surface area (Å²) in [5, 5.41) is 5.76. The van der Waals surface area contributed by atoms with E-state index in [0.717, 1.165) is 18.4 Å². The molecule has 0 radical (unpaired) electrons. The van der Waals surface area contributed by atoms with Crippen LogP contribution in [0.5, 0.6) is 5.75 Å². The van der Waals surface area contributed by atoms with Gasteiger partial charge in [0.25, 0.3) is 0 Å². The van der Waals surface area contributed by atoms with Crippen molar-refractivity contribution in [3.05, 3.63) is 72.2 Å². The van der Waals surface area contributed by atoms with E-state index < -0.39 is 16.4 Å². The smallest absolute Gasteiger partial charge is 0.229 e. The van der Waals surface area contributed by atoms with Crippen LogP contribution in [-0.4, -0.2) is 34.8 Å². The highest BCUT2D eigenvalue weighted by molar-refractivity contribution is 7.83. The highest BCUT2D eigenvalue weighted by atomic mass is 32.2. The van der Waals surface area contributed by atoms with Gasteiger partial charge in [-0.3, -0.25) is 8.77 Å². The van der Waals surface area contributed by atoms with Gasteiger partial charge in [0.2, 0.25) is 5.91 Å². The molecule has 0 bridgehead atoms. The van der Waals surface area contributed by atoms with E-state index in [9.17, 15) is 13.4 Å². The van der Waals surface area contributed by atoms with Crippen molar-refractivity contribution < 1.29 is 18.1 Å². The van der Waals surface area contributed by atoms with Gasteiger partial charge in [0.15, 0.2) is 11.0 Å². The fraction of sp³-hybridized carbons (Fsp3) is 0.292. The van der Waals surface area contributed by atoms with E-state index in [2.05, 4.69) is 10.6 Å². The number of amides is 1. The summed E-state index contributed by atoms with van der Waals surface area (Å²) in [6, 6.07) is 15.3. The van der Waals surface area contributed by atoms with Gasteiger partial charge in [-0.25, -0.2) is 8.60 Å². The highest BCUT2D eigenvalue weighted by Gasteiger charge is 2.50. The third kappa shape index (κ3) is 4.47. The molecule has 1 atom stereocenters. The SMILES string of the molecule is CNCc1cc(-c2ccccc2F)n(S(=O)c2cccc(OCC3(C(=O)NC)CC3)c2)c1. The molecule has 168 valence electrons. The summed E-state index contributed by atoms with van der Waals surface area (Å²) in [6.07, 6.45) is 3.36. The number of nitrogens with one attached hydrogen (secondary N) is 2. The van der Waals surface area contributed by atoms with Gasteiger partial charge in [-0.15, -0.1) is 0 Å². The lowest BCUT2D eigenvalue weighted by Gasteiger charge is -2.15. The first-order valence-corrected chi connectivity index (χ1v) is 11.6. The molecule has 0 spiro atoms. The number of carbonyl (C=O) groups excluding carboxylic acids is 1. The van der Waals surface area contributed by atoms with Crippen LogP contribution in [0.2, 0.25) is 0 Å². The zero-order valence-corrected chi connectivity index (χ0v) is 18.9. The van der Waals surface area contributed by atoms with E-state index in [-0.39, 0.29) is 18.3 Å². The Kier molecular flexibility index (Phi) is 6.43. The van der Waals surface area contributed by atoms with Crippen LogP contribution in [0.3, 0.4) is 0 Å². The minimum Gasteiger partial charge on any atom is -0.492 e. The van der Waals surface area contributed by atoms with Crippen molar-refractivity contribution in [1.29, 1.82) is 0 Å². The normalized spacial score (nSPS) is 15.2. The van der Waals surface area contributed by atoms with E-state index in [1.54, 1.807) is 59.7 Å². The van der Waals surface area contributed by atoms with Crippen molar-refractivity contribution in [3.63, 3.8) is 0 Å². The summed E-state index contributed by atoms with van der Waals surface area (Å²) in [7, 11) is 1.83. The molecular formula is C24H26FN3O3S. The van der Waals surface area contributed by atoms with Gasteiger partial charge in [-0.2, -0.15) is 0 Å². The molecule has 2 aromatic carbocycles. The Morgan fingerprint density at radius 3 is 2.62 bits per heavy atom. The number of benzene rings is 2. The molecule has 1 fully saturated rings. The van der Waals surface area contributed by atoms with E-state index >= 15 is 0 Å². The monoisotopic (exact) mass is 455 g/mol. The van der Waals surface area contributed by atoms with Crippen molar-refractivity contribution in [2.45, 2.75) is 24.3 Å². The van der Waals surface area contributed by atoms with Crippen molar-refractivity contribution in [2.24, 2.45) is 5.41 Å². The Labute approximate surface area is 189 Å². The number of nitrogens with zero attached hydrogens (tertiary/aromatic N) is 1. The van der Waals surface area contributed by atoms with Crippen LogP contribution in [-0.2, 0) is 22.3 Å². The van der Waals surface area contributed by atoms with Crippen LogP contribution in [0.15, 0.2) is 65.7 Å². The maximum atomic E-state index is 14.5. The quantitative estimate of drug-likeness (QED) is 0.518. The lowest BCUT2D eigenvalue weighted by atomic mass is 10.1. The van der Waals surface area contributed by atoms with E-state index in [4.69, 9.17) is 4.74 Å². The summed E-state index contributed by atoms with van der Waals surface area (Å²) < 4.78 is 35.5. The second-order valence-corrected chi connectivity index (χ2v) is 9.30. The van der Waals surface area contributed by atoms with Crippen LogP contribution in [0, 0.1) is 11.2 Å². The van der Waals surface area contributed by atoms with Crippen molar-refractivity contribution >= 4 is 16.9 Å². The third-order valence-corrected chi connectivity index (χ3v) is 6.95. The van der Waals surface area contributed by atoms with Gasteiger partial charge in [0, 0.05) is 25.4 Å². The summed E-state index contributed by atoms with van der Waals surface area (Å²) in [4.78, 5) is 12.6. The van der Waals surface area contributed by atoms with Crippen molar-refractivity contribution in [2.75, 3.05) is 20.7 Å². The lowest BCUT2D eigenvalue weighted by molar-refractivity contribution is -0.126. The Bertz CT molecular complexity index is 1160. The Morgan fingerprint density at radius 1 is 1.16 bits per heavy atom. The number of hydrogen-bond acceptors (Lipinski definition) is 4. The highest BCUT2D eigenvalue weighted by Crippen LogP contribution is 2.46. The molecule has 1 heterocycles. The van der Waals surface area contributed by atoms with Gasteiger partial charge in [-0.05, 0) is 61.9 Å². The number of halogens is 1. The number of carbonyl (C=O) groups is 1. The fourth-order valence-corrected chi connectivity index (χ4v) is 4.86. The predicted molar refractivity (Wildman–Crippen MR) is 122 cm³/mol. The first-order chi connectivity index (χ1) is 15.5. The average Bonchev–Trinajstić information content (AvgIpc) is 3.50. The van der Waals surface area contributed by atoms with Crippen LogP contribution in [0.1, 0.15) is 18.4 Å². The van der Waals surface area contributed by atoms with Gasteiger partial charge < -0.3 is 15.4 Å². The minimum absolute atomic E-state index is 0.0174. The molecule has 8 heteroatoms. The van der Waals surface area contributed by atoms with Crippen molar-refractivity contribution in [3.8, 4) is 17.0 Å². The van der Waals surface area contributed by atoms with Crippen LogP contribution < -0.4 is 15.4 Å². The minimum atomic E-state index is -1.62. The van der Waals surface area contributed by atoms with Crippen LogP contribution >= 0.6 is 0 Å². The average molecular weight is 456 g/mol. The summed E-state index contributed by atoms with van der Waals surface area (Å²) in [5.41, 5.74) is 1.35. The zero-order chi connectivity index (χ0) is 22.7. The standard InChI is InChI=1S/C24H26FN3O3S/c1-26-14-17-12-22(20-8-3-4-9-21(20)25)28(15-17)32(30)19-7-5-6-18(13-19)31-16-24(10-11-24)23(29)27-2/h3-9,12-13,15,26H,10-11,14,16H2,1-2H3,(H,27,29). The Balaban J connectivity index is 1.61. The molecular weight excluding hydrogens is 429 g/mol. The largest absolute Gasteiger partial charge is 0.492 e. The molecule has 0 saturated heterocycles.